The van der Waals surface area contributed by atoms with Crippen molar-refractivity contribution in [1.29, 1.82) is 0 Å². The Balaban J connectivity index is 2.37. The number of carbonyl (C=O) groups excluding carboxylic acids is 1. The van der Waals surface area contributed by atoms with Gasteiger partial charge in [0.1, 0.15) is 12.4 Å². The van der Waals surface area contributed by atoms with Crippen LogP contribution in [-0.4, -0.2) is 26.5 Å². The van der Waals surface area contributed by atoms with Crippen LogP contribution < -0.4 is 4.74 Å². The summed E-state index contributed by atoms with van der Waals surface area (Å²) in [7, 11) is 1.54. The summed E-state index contributed by atoms with van der Waals surface area (Å²) in [6.45, 7) is 2.63. The third kappa shape index (κ3) is 4.31. The first-order chi connectivity index (χ1) is 7.76. The average Bonchev–Trinajstić information content (AvgIpc) is 2.30. The number of ether oxygens (including phenoxy) is 3. The average molecular weight is 224 g/mol. The topological polar surface area (TPSA) is 44.8 Å². The van der Waals surface area contributed by atoms with Crippen LogP contribution in [0.4, 0.5) is 4.79 Å². The van der Waals surface area contributed by atoms with Gasteiger partial charge in [0.25, 0.3) is 0 Å². The van der Waals surface area contributed by atoms with E-state index >= 15 is 0 Å². The molecule has 0 aliphatic heterocycles. The summed E-state index contributed by atoms with van der Waals surface area (Å²) in [5.41, 5.74) is 1.19. The van der Waals surface area contributed by atoms with Crippen LogP contribution in [0.2, 0.25) is 0 Å². The van der Waals surface area contributed by atoms with Crippen molar-refractivity contribution in [3.05, 3.63) is 29.8 Å². The third-order valence-corrected chi connectivity index (χ3v) is 2.04. The van der Waals surface area contributed by atoms with E-state index in [2.05, 4.69) is 6.92 Å². The van der Waals surface area contributed by atoms with Crippen molar-refractivity contribution in [3.8, 4) is 5.75 Å². The van der Waals surface area contributed by atoms with Gasteiger partial charge in [0.15, 0.2) is 0 Å². The van der Waals surface area contributed by atoms with E-state index in [4.69, 9.17) is 14.2 Å². The second-order valence-electron chi connectivity index (χ2n) is 3.19. The van der Waals surface area contributed by atoms with Crippen LogP contribution in [0.15, 0.2) is 24.3 Å². The van der Waals surface area contributed by atoms with E-state index < -0.39 is 6.16 Å². The molecule has 88 valence electrons. The molecule has 0 heterocycles. The number of benzene rings is 1. The minimum absolute atomic E-state index is 0.197. The predicted molar refractivity (Wildman–Crippen MR) is 59.7 cm³/mol. The minimum Gasteiger partial charge on any atom is -0.432 e. The highest BCUT2D eigenvalue weighted by atomic mass is 16.7. The van der Waals surface area contributed by atoms with Gasteiger partial charge < -0.3 is 14.2 Å². The van der Waals surface area contributed by atoms with Gasteiger partial charge in [-0.2, -0.15) is 0 Å². The van der Waals surface area contributed by atoms with Crippen molar-refractivity contribution in [2.75, 3.05) is 20.3 Å². The van der Waals surface area contributed by atoms with Crippen LogP contribution in [-0.2, 0) is 15.9 Å². The molecule has 0 amide bonds. The molecule has 1 aromatic carbocycles. The SMILES string of the molecule is CCc1ccc(OC(=O)OCCOC)cc1. The van der Waals surface area contributed by atoms with Crippen molar-refractivity contribution in [2.45, 2.75) is 13.3 Å². The maximum atomic E-state index is 11.1. The monoisotopic (exact) mass is 224 g/mol. The van der Waals surface area contributed by atoms with E-state index in [0.717, 1.165) is 6.42 Å². The Kier molecular flexibility index (Phi) is 5.36. The number of aryl methyl sites for hydroxylation is 1. The highest BCUT2D eigenvalue weighted by Gasteiger charge is 2.05. The normalized spacial score (nSPS) is 9.88. The van der Waals surface area contributed by atoms with Crippen LogP contribution in [0, 0.1) is 0 Å². The molecule has 0 saturated heterocycles. The summed E-state index contributed by atoms with van der Waals surface area (Å²) >= 11 is 0. The molecule has 0 unspecified atom stereocenters. The predicted octanol–water partition coefficient (Wildman–Crippen LogP) is 2.41. The Morgan fingerprint density at radius 3 is 2.44 bits per heavy atom. The van der Waals surface area contributed by atoms with Gasteiger partial charge in [0, 0.05) is 7.11 Å². The molecule has 0 radical (unpaired) electrons. The molecule has 0 bridgehead atoms. The first-order valence-corrected chi connectivity index (χ1v) is 5.18. The van der Waals surface area contributed by atoms with Crippen LogP contribution in [0.25, 0.3) is 0 Å². The fraction of sp³-hybridized carbons (Fsp3) is 0.417. The van der Waals surface area contributed by atoms with E-state index in [-0.39, 0.29) is 6.61 Å². The zero-order valence-corrected chi connectivity index (χ0v) is 9.56. The van der Waals surface area contributed by atoms with Gasteiger partial charge in [-0.1, -0.05) is 19.1 Å². The van der Waals surface area contributed by atoms with Crippen LogP contribution in [0.5, 0.6) is 5.75 Å². The van der Waals surface area contributed by atoms with E-state index in [1.54, 1.807) is 12.1 Å². The van der Waals surface area contributed by atoms with Crippen molar-refractivity contribution >= 4 is 6.16 Å². The van der Waals surface area contributed by atoms with E-state index in [9.17, 15) is 4.79 Å². The van der Waals surface area contributed by atoms with Crippen molar-refractivity contribution in [1.82, 2.24) is 0 Å². The standard InChI is InChI=1S/C12H16O4/c1-3-10-4-6-11(7-5-10)16-12(13)15-9-8-14-2/h4-7H,3,8-9H2,1-2H3. The molecule has 0 N–H and O–H groups in total. The van der Waals surface area contributed by atoms with Crippen LogP contribution in [0.1, 0.15) is 12.5 Å². The number of methoxy groups -OCH3 is 1. The quantitative estimate of drug-likeness (QED) is 0.437. The largest absolute Gasteiger partial charge is 0.513 e. The molecule has 1 rings (SSSR count). The molecular weight excluding hydrogens is 208 g/mol. The van der Waals surface area contributed by atoms with Crippen molar-refractivity contribution < 1.29 is 19.0 Å². The van der Waals surface area contributed by atoms with Gasteiger partial charge in [-0.3, -0.25) is 0 Å². The van der Waals surface area contributed by atoms with Gasteiger partial charge in [-0.05, 0) is 24.1 Å². The summed E-state index contributed by atoms with van der Waals surface area (Å²) in [4.78, 5) is 11.1. The molecule has 0 atom stereocenters. The molecule has 0 aliphatic carbocycles. The Bertz CT molecular complexity index is 318. The van der Waals surface area contributed by atoms with Crippen molar-refractivity contribution in [3.63, 3.8) is 0 Å². The lowest BCUT2D eigenvalue weighted by atomic mass is 10.2. The Morgan fingerprint density at radius 1 is 1.19 bits per heavy atom. The van der Waals surface area contributed by atoms with Crippen LogP contribution >= 0.6 is 0 Å². The molecule has 0 saturated carbocycles. The van der Waals surface area contributed by atoms with Gasteiger partial charge in [0.2, 0.25) is 0 Å². The van der Waals surface area contributed by atoms with E-state index in [1.165, 1.54) is 12.7 Å². The Labute approximate surface area is 95.1 Å². The third-order valence-electron chi connectivity index (χ3n) is 2.04. The lowest BCUT2D eigenvalue weighted by molar-refractivity contribution is 0.0685. The molecule has 0 spiro atoms. The van der Waals surface area contributed by atoms with E-state index in [0.29, 0.717) is 12.4 Å². The molecule has 4 heteroatoms. The number of carbonyl (C=O) groups is 1. The number of rotatable bonds is 5. The second kappa shape index (κ2) is 6.85. The highest BCUT2D eigenvalue weighted by Crippen LogP contribution is 2.12. The fourth-order valence-electron chi connectivity index (χ4n) is 1.13. The lowest BCUT2D eigenvalue weighted by Crippen LogP contribution is -2.13. The first kappa shape index (κ1) is 12.5. The highest BCUT2D eigenvalue weighted by molar-refractivity contribution is 5.63. The summed E-state index contributed by atoms with van der Waals surface area (Å²) in [5.74, 6) is 0.486. The molecule has 0 aliphatic rings. The maximum Gasteiger partial charge on any atom is 0.513 e. The number of hydrogen-bond acceptors (Lipinski definition) is 4. The molecule has 16 heavy (non-hydrogen) atoms. The zero-order valence-electron chi connectivity index (χ0n) is 9.56. The minimum atomic E-state index is -0.707. The Morgan fingerprint density at radius 2 is 1.88 bits per heavy atom. The molecule has 4 nitrogen and oxygen atoms in total. The van der Waals surface area contributed by atoms with Crippen molar-refractivity contribution in [2.24, 2.45) is 0 Å². The molecule has 0 fully saturated rings. The summed E-state index contributed by atoms with van der Waals surface area (Å²) in [5, 5.41) is 0. The Hall–Kier alpha value is -1.55. The first-order valence-electron chi connectivity index (χ1n) is 5.18. The maximum absolute atomic E-state index is 11.1. The second-order valence-corrected chi connectivity index (χ2v) is 3.19. The summed E-state index contributed by atoms with van der Waals surface area (Å²) < 4.78 is 14.4. The van der Waals surface area contributed by atoms with Gasteiger partial charge in [-0.25, -0.2) is 4.79 Å². The zero-order chi connectivity index (χ0) is 11.8. The molecule has 0 aromatic heterocycles. The molecule has 1 aromatic rings. The smallest absolute Gasteiger partial charge is 0.432 e. The van der Waals surface area contributed by atoms with Gasteiger partial charge in [0.05, 0.1) is 6.61 Å². The number of hydrogen-bond donors (Lipinski definition) is 0. The summed E-state index contributed by atoms with van der Waals surface area (Å²) in [6, 6.07) is 7.32. The summed E-state index contributed by atoms with van der Waals surface area (Å²) in [6.07, 6.45) is 0.250. The molecular formula is C12H16O4. The lowest BCUT2D eigenvalue weighted by Gasteiger charge is -2.05. The van der Waals surface area contributed by atoms with Crippen LogP contribution in [0.3, 0.4) is 0 Å². The van der Waals surface area contributed by atoms with Gasteiger partial charge >= 0.3 is 6.16 Å². The van der Waals surface area contributed by atoms with E-state index in [1.807, 2.05) is 12.1 Å². The fourth-order valence-corrected chi connectivity index (χ4v) is 1.13. The van der Waals surface area contributed by atoms with Gasteiger partial charge in [-0.15, -0.1) is 0 Å².